The molecule has 0 aromatic rings. The van der Waals surface area contributed by atoms with Crippen LogP contribution in [0.4, 0.5) is 0 Å². The van der Waals surface area contributed by atoms with Crippen molar-refractivity contribution in [1.29, 1.82) is 0 Å². The van der Waals surface area contributed by atoms with Crippen molar-refractivity contribution in [3.63, 3.8) is 0 Å². The zero-order valence-electron chi connectivity index (χ0n) is 14.0. The van der Waals surface area contributed by atoms with E-state index < -0.39 is 0 Å². The van der Waals surface area contributed by atoms with Crippen molar-refractivity contribution in [3.05, 3.63) is 0 Å². The molecule has 8 atom stereocenters. The first-order valence-electron chi connectivity index (χ1n) is 10.9. The SMILES string of the molecule is C1CC2CC3CCC4CCC5CC6CCC1C1C2C3C4C5C61. The molecule has 0 nitrogen and oxygen atoms in total. The Kier molecular flexibility index (Phi) is 2.23. The molecule has 0 aliphatic heterocycles. The second-order valence-corrected chi connectivity index (χ2v) is 10.8. The molecule has 22 heavy (non-hydrogen) atoms. The van der Waals surface area contributed by atoms with Crippen LogP contribution in [0.25, 0.3) is 0 Å². The maximum Gasteiger partial charge on any atom is -0.0318 e. The third-order valence-corrected chi connectivity index (χ3v) is 10.8. The van der Waals surface area contributed by atoms with E-state index in [4.69, 9.17) is 0 Å². The van der Waals surface area contributed by atoms with Gasteiger partial charge in [-0.2, -0.15) is 0 Å². The van der Waals surface area contributed by atoms with Crippen molar-refractivity contribution in [2.24, 2.45) is 71.0 Å². The highest BCUT2D eigenvalue weighted by Gasteiger charge is 2.68. The minimum Gasteiger partial charge on any atom is -0.0499 e. The van der Waals surface area contributed by atoms with E-state index in [0.29, 0.717) is 0 Å². The van der Waals surface area contributed by atoms with E-state index in [2.05, 4.69) is 0 Å². The Balaban J connectivity index is 1.43. The monoisotopic (exact) mass is 296 g/mol. The molecule has 8 unspecified atom stereocenters. The summed E-state index contributed by atoms with van der Waals surface area (Å²) in [5, 5.41) is 0. The van der Waals surface area contributed by atoms with Gasteiger partial charge in [-0.1, -0.05) is 0 Å². The van der Waals surface area contributed by atoms with E-state index in [9.17, 15) is 0 Å². The summed E-state index contributed by atoms with van der Waals surface area (Å²) in [6.07, 6.45) is 16.5. The average molecular weight is 296 g/mol. The summed E-state index contributed by atoms with van der Waals surface area (Å²) in [5.74, 6) is 14.5. The van der Waals surface area contributed by atoms with E-state index >= 15 is 0 Å². The molecule has 7 aliphatic carbocycles. The van der Waals surface area contributed by atoms with Crippen LogP contribution in [-0.4, -0.2) is 0 Å². The van der Waals surface area contributed by atoms with E-state index in [-0.39, 0.29) is 0 Å². The maximum absolute atomic E-state index is 1.68. The van der Waals surface area contributed by atoms with Crippen LogP contribution in [0.3, 0.4) is 0 Å². The van der Waals surface area contributed by atoms with Gasteiger partial charge in [-0.3, -0.25) is 0 Å². The van der Waals surface area contributed by atoms with Gasteiger partial charge >= 0.3 is 0 Å². The highest BCUT2D eigenvalue weighted by atomic mass is 14.7. The predicted octanol–water partition coefficient (Wildman–Crippen LogP) is 5.38. The average Bonchev–Trinajstić information content (AvgIpc) is 3.12. The molecule has 0 radical (unpaired) electrons. The molecule has 0 N–H and O–H groups in total. The summed E-state index contributed by atoms with van der Waals surface area (Å²) in [5.41, 5.74) is 0. The smallest absolute Gasteiger partial charge is 0.0318 e. The Labute approximate surface area is 135 Å². The van der Waals surface area contributed by atoms with Gasteiger partial charge in [0.1, 0.15) is 0 Å². The molecule has 0 aromatic heterocycles. The van der Waals surface area contributed by atoms with Gasteiger partial charge in [-0.25, -0.2) is 0 Å². The third kappa shape index (κ3) is 1.25. The molecule has 0 aromatic carbocycles. The van der Waals surface area contributed by atoms with Crippen molar-refractivity contribution in [2.45, 2.75) is 64.2 Å². The molecule has 0 heteroatoms. The number of hydrogen-bond acceptors (Lipinski definition) is 0. The van der Waals surface area contributed by atoms with E-state index in [1.54, 1.807) is 64.2 Å². The Morgan fingerprint density at radius 3 is 0.818 bits per heavy atom. The van der Waals surface area contributed by atoms with Crippen molar-refractivity contribution in [2.75, 3.05) is 0 Å². The van der Waals surface area contributed by atoms with Crippen LogP contribution >= 0.6 is 0 Å². The fourth-order valence-electron chi connectivity index (χ4n) is 10.7. The number of rotatable bonds is 0. The van der Waals surface area contributed by atoms with Crippen LogP contribution < -0.4 is 0 Å². The first-order valence-corrected chi connectivity index (χ1v) is 10.9. The predicted molar refractivity (Wildman–Crippen MR) is 88.1 cm³/mol. The van der Waals surface area contributed by atoms with E-state index in [1.165, 1.54) is 71.0 Å². The highest BCUT2D eigenvalue weighted by molar-refractivity contribution is 5.16. The summed E-state index contributed by atoms with van der Waals surface area (Å²) in [7, 11) is 0. The normalized spacial score (nSPS) is 69.8. The van der Waals surface area contributed by atoms with Crippen LogP contribution in [0.15, 0.2) is 0 Å². The van der Waals surface area contributed by atoms with Gasteiger partial charge in [0, 0.05) is 0 Å². The Morgan fingerprint density at radius 2 is 0.500 bits per heavy atom. The Morgan fingerprint density at radius 1 is 0.273 bits per heavy atom. The van der Waals surface area contributed by atoms with Gasteiger partial charge < -0.3 is 0 Å². The Bertz CT molecular complexity index is 422. The molecule has 0 saturated heterocycles. The van der Waals surface area contributed by atoms with Gasteiger partial charge in [0.25, 0.3) is 0 Å². The first kappa shape index (κ1) is 12.4. The van der Waals surface area contributed by atoms with Crippen LogP contribution in [0.5, 0.6) is 0 Å². The minimum absolute atomic E-state index is 1.18. The Hall–Kier alpha value is 0. The lowest BCUT2D eigenvalue weighted by Crippen LogP contribution is -2.57. The second kappa shape index (κ2) is 3.97. The minimum atomic E-state index is 1.18. The second-order valence-electron chi connectivity index (χ2n) is 10.8. The quantitative estimate of drug-likeness (QED) is 0.563. The summed E-state index contributed by atoms with van der Waals surface area (Å²) >= 11 is 0. The summed E-state index contributed by atoms with van der Waals surface area (Å²) in [6, 6.07) is 0. The van der Waals surface area contributed by atoms with Crippen molar-refractivity contribution >= 4 is 0 Å². The van der Waals surface area contributed by atoms with Gasteiger partial charge in [-0.15, -0.1) is 0 Å². The van der Waals surface area contributed by atoms with Crippen molar-refractivity contribution in [3.8, 4) is 0 Å². The van der Waals surface area contributed by atoms with Crippen molar-refractivity contribution < 1.29 is 0 Å². The van der Waals surface area contributed by atoms with Crippen molar-refractivity contribution in [1.82, 2.24) is 0 Å². The van der Waals surface area contributed by atoms with Crippen LogP contribution in [0, 0.1) is 71.0 Å². The fraction of sp³-hybridized carbons (Fsp3) is 1.00. The first-order chi connectivity index (χ1) is 10.9. The van der Waals surface area contributed by atoms with E-state index in [0.717, 1.165) is 0 Å². The van der Waals surface area contributed by atoms with Crippen LogP contribution in [0.1, 0.15) is 64.2 Å². The van der Waals surface area contributed by atoms with Gasteiger partial charge in [0.2, 0.25) is 0 Å². The summed E-state index contributed by atoms with van der Waals surface area (Å²) < 4.78 is 0. The lowest BCUT2D eigenvalue weighted by molar-refractivity contribution is -0.145. The zero-order chi connectivity index (χ0) is 14.0. The third-order valence-electron chi connectivity index (χ3n) is 10.8. The van der Waals surface area contributed by atoms with Gasteiger partial charge in [-0.05, 0) is 135 Å². The molecule has 7 fully saturated rings. The molecule has 120 valence electrons. The van der Waals surface area contributed by atoms with Gasteiger partial charge in [0.15, 0.2) is 0 Å². The molecule has 7 saturated carbocycles. The van der Waals surface area contributed by atoms with Gasteiger partial charge in [0.05, 0.1) is 0 Å². The molecule has 0 amide bonds. The lowest BCUT2D eigenvalue weighted by atomic mass is 9.42. The maximum atomic E-state index is 1.68. The topological polar surface area (TPSA) is 0 Å². The molecule has 7 rings (SSSR count). The standard InChI is InChI=1S/C22H32/c1-5-13-9-15-7-3-12-4-8-16-10-14-6-2-11(1)17-19(13)21(15)18(12)22(16)20(14)17/h11-22H,1-10H2. The van der Waals surface area contributed by atoms with Crippen LogP contribution in [-0.2, 0) is 0 Å². The fourth-order valence-corrected chi connectivity index (χ4v) is 10.7. The molecule has 0 spiro atoms. The summed E-state index contributed by atoms with van der Waals surface area (Å²) in [6.45, 7) is 0. The van der Waals surface area contributed by atoms with E-state index in [1.807, 2.05) is 0 Å². The number of hydrogen-bond donors (Lipinski definition) is 0. The lowest BCUT2D eigenvalue weighted by Gasteiger charge is -2.62. The zero-order valence-corrected chi connectivity index (χ0v) is 14.0. The largest absolute Gasteiger partial charge is 0.0499 e. The molecular weight excluding hydrogens is 264 g/mol. The summed E-state index contributed by atoms with van der Waals surface area (Å²) in [4.78, 5) is 0. The molecule has 0 heterocycles. The van der Waals surface area contributed by atoms with Crippen LogP contribution in [0.2, 0.25) is 0 Å². The molecular formula is C22H32. The highest BCUT2D eigenvalue weighted by Crippen LogP contribution is 2.75. The molecule has 0 bridgehead atoms. The molecule has 7 aliphatic rings.